The Labute approximate surface area is 110 Å². The van der Waals surface area contributed by atoms with Gasteiger partial charge >= 0.3 is 0 Å². The third-order valence-electron chi connectivity index (χ3n) is 3.59. The zero-order chi connectivity index (χ0) is 12.8. The maximum Gasteiger partial charge on any atom is 0.119 e. The smallest absolute Gasteiger partial charge is 0.119 e. The first-order valence-corrected chi connectivity index (χ1v) is 6.89. The SMILES string of the molecule is Cc1ccc(OCCN2CCCNCC2)cc1C. The van der Waals surface area contributed by atoms with E-state index in [1.54, 1.807) is 0 Å². The Morgan fingerprint density at radius 2 is 2.06 bits per heavy atom. The Balaban J connectivity index is 1.75. The summed E-state index contributed by atoms with van der Waals surface area (Å²) in [6, 6.07) is 6.31. The minimum Gasteiger partial charge on any atom is -0.492 e. The standard InChI is InChI=1S/C15H24N2O/c1-13-4-5-15(12-14(13)2)18-11-10-17-8-3-6-16-7-9-17/h4-5,12,16H,3,6-11H2,1-2H3. The fourth-order valence-corrected chi connectivity index (χ4v) is 2.22. The van der Waals surface area contributed by atoms with Crippen LogP contribution in [0.4, 0.5) is 0 Å². The molecule has 1 aliphatic heterocycles. The number of aryl methyl sites for hydroxylation is 2. The van der Waals surface area contributed by atoms with Gasteiger partial charge in [-0.2, -0.15) is 0 Å². The Morgan fingerprint density at radius 3 is 2.89 bits per heavy atom. The minimum absolute atomic E-state index is 0.780. The zero-order valence-corrected chi connectivity index (χ0v) is 11.5. The van der Waals surface area contributed by atoms with E-state index in [1.165, 1.54) is 24.1 Å². The highest BCUT2D eigenvalue weighted by Crippen LogP contribution is 2.16. The Bertz CT molecular complexity index is 371. The average molecular weight is 248 g/mol. The van der Waals surface area contributed by atoms with E-state index in [-0.39, 0.29) is 0 Å². The van der Waals surface area contributed by atoms with Crippen LogP contribution in [0.2, 0.25) is 0 Å². The summed E-state index contributed by atoms with van der Waals surface area (Å²) in [6.07, 6.45) is 1.24. The lowest BCUT2D eigenvalue weighted by Gasteiger charge is -2.19. The summed E-state index contributed by atoms with van der Waals surface area (Å²) < 4.78 is 5.82. The van der Waals surface area contributed by atoms with Crippen molar-refractivity contribution in [1.29, 1.82) is 0 Å². The van der Waals surface area contributed by atoms with Crippen molar-refractivity contribution in [3.8, 4) is 5.75 Å². The van der Waals surface area contributed by atoms with Crippen molar-refractivity contribution in [2.75, 3.05) is 39.3 Å². The van der Waals surface area contributed by atoms with Crippen LogP contribution >= 0.6 is 0 Å². The van der Waals surface area contributed by atoms with E-state index in [0.29, 0.717) is 0 Å². The molecular weight excluding hydrogens is 224 g/mol. The molecule has 0 amide bonds. The van der Waals surface area contributed by atoms with E-state index in [9.17, 15) is 0 Å². The summed E-state index contributed by atoms with van der Waals surface area (Å²) >= 11 is 0. The first kappa shape index (κ1) is 13.4. The first-order chi connectivity index (χ1) is 8.75. The Morgan fingerprint density at radius 1 is 1.17 bits per heavy atom. The maximum absolute atomic E-state index is 5.82. The lowest BCUT2D eigenvalue weighted by Crippen LogP contribution is -2.31. The molecule has 0 aromatic heterocycles. The fourth-order valence-electron chi connectivity index (χ4n) is 2.22. The largest absolute Gasteiger partial charge is 0.492 e. The molecule has 3 nitrogen and oxygen atoms in total. The molecule has 1 fully saturated rings. The van der Waals surface area contributed by atoms with Crippen LogP contribution in [0.15, 0.2) is 18.2 Å². The number of benzene rings is 1. The zero-order valence-electron chi connectivity index (χ0n) is 11.5. The molecule has 2 rings (SSSR count). The van der Waals surface area contributed by atoms with Gasteiger partial charge in [0.05, 0.1) is 0 Å². The third-order valence-corrected chi connectivity index (χ3v) is 3.59. The van der Waals surface area contributed by atoms with Gasteiger partial charge in [-0.25, -0.2) is 0 Å². The van der Waals surface area contributed by atoms with Crippen LogP contribution in [0.5, 0.6) is 5.75 Å². The number of nitrogens with one attached hydrogen (secondary N) is 1. The molecule has 0 saturated carbocycles. The van der Waals surface area contributed by atoms with Gasteiger partial charge in [-0.1, -0.05) is 6.07 Å². The Kier molecular flexibility index (Phi) is 5.02. The van der Waals surface area contributed by atoms with Crippen LogP contribution in [0.3, 0.4) is 0 Å². The molecule has 18 heavy (non-hydrogen) atoms. The van der Waals surface area contributed by atoms with Crippen molar-refractivity contribution in [3.63, 3.8) is 0 Å². The lowest BCUT2D eigenvalue weighted by molar-refractivity contribution is 0.217. The summed E-state index contributed by atoms with van der Waals surface area (Å²) in [4.78, 5) is 2.47. The number of rotatable bonds is 4. The Hall–Kier alpha value is -1.06. The second-order valence-electron chi connectivity index (χ2n) is 5.04. The summed E-state index contributed by atoms with van der Waals surface area (Å²) in [5, 5.41) is 3.42. The quantitative estimate of drug-likeness (QED) is 0.882. The van der Waals surface area contributed by atoms with Crippen molar-refractivity contribution in [2.24, 2.45) is 0 Å². The van der Waals surface area contributed by atoms with Gasteiger partial charge in [-0.3, -0.25) is 4.90 Å². The summed E-state index contributed by atoms with van der Waals surface area (Å²) in [6.45, 7) is 10.6. The van der Waals surface area contributed by atoms with Gasteiger partial charge in [0.25, 0.3) is 0 Å². The summed E-state index contributed by atoms with van der Waals surface area (Å²) in [7, 11) is 0. The summed E-state index contributed by atoms with van der Waals surface area (Å²) in [5.41, 5.74) is 2.62. The highest BCUT2D eigenvalue weighted by molar-refractivity contribution is 5.33. The highest BCUT2D eigenvalue weighted by Gasteiger charge is 2.08. The molecule has 0 aliphatic carbocycles. The van der Waals surface area contributed by atoms with E-state index < -0.39 is 0 Å². The second-order valence-corrected chi connectivity index (χ2v) is 5.04. The molecule has 1 saturated heterocycles. The van der Waals surface area contributed by atoms with Crippen LogP contribution in [0.25, 0.3) is 0 Å². The van der Waals surface area contributed by atoms with Crippen LogP contribution in [0, 0.1) is 13.8 Å². The molecule has 0 radical (unpaired) electrons. The monoisotopic (exact) mass is 248 g/mol. The molecule has 1 N–H and O–H groups in total. The molecular formula is C15H24N2O. The van der Waals surface area contributed by atoms with Gasteiger partial charge in [0.15, 0.2) is 0 Å². The third kappa shape index (κ3) is 4.00. The van der Waals surface area contributed by atoms with E-state index in [1.807, 2.05) is 0 Å². The predicted molar refractivity (Wildman–Crippen MR) is 75.3 cm³/mol. The van der Waals surface area contributed by atoms with Crippen LogP contribution in [-0.2, 0) is 0 Å². The maximum atomic E-state index is 5.82. The fraction of sp³-hybridized carbons (Fsp3) is 0.600. The van der Waals surface area contributed by atoms with Gasteiger partial charge in [0.1, 0.15) is 12.4 Å². The van der Waals surface area contributed by atoms with Crippen molar-refractivity contribution in [1.82, 2.24) is 10.2 Å². The normalized spacial score (nSPS) is 17.4. The summed E-state index contributed by atoms with van der Waals surface area (Å²) in [5.74, 6) is 0.992. The molecule has 3 heteroatoms. The molecule has 1 aromatic carbocycles. The van der Waals surface area contributed by atoms with Crippen molar-refractivity contribution >= 4 is 0 Å². The lowest BCUT2D eigenvalue weighted by atomic mass is 10.1. The highest BCUT2D eigenvalue weighted by atomic mass is 16.5. The van der Waals surface area contributed by atoms with Gasteiger partial charge in [0, 0.05) is 19.6 Å². The van der Waals surface area contributed by atoms with Crippen molar-refractivity contribution in [2.45, 2.75) is 20.3 Å². The molecule has 0 atom stereocenters. The number of nitrogens with zero attached hydrogens (tertiary/aromatic N) is 1. The van der Waals surface area contributed by atoms with Gasteiger partial charge in [-0.05, 0) is 56.6 Å². The molecule has 1 aliphatic rings. The van der Waals surface area contributed by atoms with Gasteiger partial charge in [-0.15, -0.1) is 0 Å². The molecule has 0 spiro atoms. The molecule has 0 unspecified atom stereocenters. The minimum atomic E-state index is 0.780. The van der Waals surface area contributed by atoms with Crippen molar-refractivity contribution in [3.05, 3.63) is 29.3 Å². The molecule has 0 bridgehead atoms. The predicted octanol–water partition coefficient (Wildman–Crippen LogP) is 1.98. The van der Waals surface area contributed by atoms with Crippen LogP contribution in [-0.4, -0.2) is 44.2 Å². The molecule has 100 valence electrons. The van der Waals surface area contributed by atoms with Crippen molar-refractivity contribution < 1.29 is 4.74 Å². The second kappa shape index (κ2) is 6.76. The topological polar surface area (TPSA) is 24.5 Å². The number of ether oxygens (including phenoxy) is 1. The van der Waals surface area contributed by atoms with Crippen LogP contribution in [0.1, 0.15) is 17.5 Å². The first-order valence-electron chi connectivity index (χ1n) is 6.89. The average Bonchev–Trinajstić information content (AvgIpc) is 2.62. The number of hydrogen-bond donors (Lipinski definition) is 1. The number of hydrogen-bond acceptors (Lipinski definition) is 3. The van der Waals surface area contributed by atoms with E-state index >= 15 is 0 Å². The van der Waals surface area contributed by atoms with Gasteiger partial charge < -0.3 is 10.1 Å². The van der Waals surface area contributed by atoms with E-state index in [0.717, 1.165) is 38.5 Å². The van der Waals surface area contributed by atoms with Crippen LogP contribution < -0.4 is 10.1 Å². The van der Waals surface area contributed by atoms with E-state index in [2.05, 4.69) is 42.3 Å². The molecule has 1 heterocycles. The van der Waals surface area contributed by atoms with E-state index in [4.69, 9.17) is 4.74 Å². The molecule has 1 aromatic rings. The van der Waals surface area contributed by atoms with Gasteiger partial charge in [0.2, 0.25) is 0 Å².